The van der Waals surface area contributed by atoms with Gasteiger partial charge >= 0.3 is 0 Å². The zero-order valence-electron chi connectivity index (χ0n) is 24.0. The van der Waals surface area contributed by atoms with Crippen molar-refractivity contribution in [3.05, 3.63) is 65.2 Å². The first kappa shape index (κ1) is 33.5. The topological polar surface area (TPSA) is 98.6 Å². The molecule has 234 valence electrons. The fourth-order valence-corrected chi connectivity index (χ4v) is 5.77. The zero-order valence-corrected chi connectivity index (χ0v) is 24.8. The van der Waals surface area contributed by atoms with E-state index in [1.54, 1.807) is 24.3 Å². The smallest absolute Gasteiger partial charge is 0.280 e. The lowest BCUT2D eigenvalue weighted by Crippen LogP contribution is -2.55. The van der Waals surface area contributed by atoms with Crippen LogP contribution in [0.5, 0.6) is 0 Å². The number of alkyl halides is 2. The van der Waals surface area contributed by atoms with Gasteiger partial charge < -0.3 is 5.32 Å². The lowest BCUT2D eigenvalue weighted by molar-refractivity contribution is -0.132. The summed E-state index contributed by atoms with van der Waals surface area (Å²) in [5, 5.41) is 2.57. The van der Waals surface area contributed by atoms with Crippen molar-refractivity contribution >= 4 is 27.7 Å². The van der Waals surface area contributed by atoms with Crippen LogP contribution in [0.15, 0.2) is 42.5 Å². The highest BCUT2D eigenvalue weighted by Crippen LogP contribution is 2.38. The van der Waals surface area contributed by atoms with Gasteiger partial charge in [-0.2, -0.15) is 17.4 Å². The second-order valence-corrected chi connectivity index (χ2v) is 11.9. The van der Waals surface area contributed by atoms with Gasteiger partial charge in [-0.15, -0.1) is 0 Å². The fraction of sp³-hybridized carbons (Fsp3) is 0.517. The predicted octanol–water partition coefficient (Wildman–Crippen LogP) is 5.11. The van der Waals surface area contributed by atoms with E-state index in [2.05, 4.69) is 10.0 Å². The third-order valence-electron chi connectivity index (χ3n) is 6.94. The van der Waals surface area contributed by atoms with Gasteiger partial charge in [-0.1, -0.05) is 57.9 Å². The summed E-state index contributed by atoms with van der Waals surface area (Å²) in [4.78, 5) is 28.3. The van der Waals surface area contributed by atoms with E-state index in [-0.39, 0.29) is 7.11 Å². The van der Waals surface area contributed by atoms with E-state index < -0.39 is 71.1 Å². The standard InChI is InChI=1S/C27H32F4N4O4S.C2H6.H2/c1-2-3-4-7-18-8-5-6-9-21(18)25(26(37)33-19-15-27(30,31)16-19)35(20-10-11-22(28)23(29)14-20)24(36)17-32-40(38,39)34-12-13-34;1-2;/h5-6,8-11,14,19,25,32H,2-4,7,12-13,15-17H2,1H3,(H,33,37);1-2H3;1H/t25-;;/m1../s1. The van der Waals surface area contributed by atoms with Crippen LogP contribution in [0.3, 0.4) is 0 Å². The molecular formula is C29H40F4N4O4S. The predicted molar refractivity (Wildman–Crippen MR) is 154 cm³/mol. The minimum absolute atomic E-state index is 0. The highest BCUT2D eigenvalue weighted by Gasteiger charge is 2.47. The van der Waals surface area contributed by atoms with E-state index in [0.29, 0.717) is 30.6 Å². The Morgan fingerprint density at radius 1 is 1.07 bits per heavy atom. The van der Waals surface area contributed by atoms with E-state index in [1.165, 1.54) is 0 Å². The molecule has 1 aliphatic heterocycles. The van der Waals surface area contributed by atoms with Gasteiger partial charge in [0.25, 0.3) is 16.1 Å². The Morgan fingerprint density at radius 3 is 2.33 bits per heavy atom. The molecular weight excluding hydrogens is 576 g/mol. The van der Waals surface area contributed by atoms with Crippen molar-refractivity contribution in [3.63, 3.8) is 0 Å². The fourth-order valence-electron chi connectivity index (χ4n) is 4.72. The van der Waals surface area contributed by atoms with Gasteiger partial charge in [0.2, 0.25) is 11.8 Å². The number of aryl methyl sites for hydroxylation is 1. The quantitative estimate of drug-likeness (QED) is 0.186. The number of anilines is 1. The van der Waals surface area contributed by atoms with Crippen LogP contribution in [0.1, 0.15) is 71.5 Å². The zero-order chi connectivity index (χ0) is 31.1. The summed E-state index contributed by atoms with van der Waals surface area (Å²) in [5.41, 5.74) is 0.881. The van der Waals surface area contributed by atoms with E-state index in [9.17, 15) is 35.6 Å². The molecule has 1 saturated heterocycles. The normalized spacial score (nSPS) is 16.9. The van der Waals surface area contributed by atoms with E-state index in [1.807, 2.05) is 20.8 Å². The summed E-state index contributed by atoms with van der Waals surface area (Å²) in [6, 6.07) is 7.11. The van der Waals surface area contributed by atoms with Crippen LogP contribution in [0.4, 0.5) is 23.2 Å². The van der Waals surface area contributed by atoms with Gasteiger partial charge in [0, 0.05) is 45.2 Å². The molecule has 1 saturated carbocycles. The Kier molecular flexibility index (Phi) is 11.5. The molecule has 0 bridgehead atoms. The maximum Gasteiger partial charge on any atom is 0.280 e. The summed E-state index contributed by atoms with van der Waals surface area (Å²) >= 11 is 0. The molecule has 8 nitrogen and oxygen atoms in total. The van der Waals surface area contributed by atoms with Gasteiger partial charge in [-0.25, -0.2) is 17.6 Å². The van der Waals surface area contributed by atoms with Crippen molar-refractivity contribution in [2.24, 2.45) is 0 Å². The molecule has 42 heavy (non-hydrogen) atoms. The van der Waals surface area contributed by atoms with Crippen molar-refractivity contribution in [3.8, 4) is 0 Å². The van der Waals surface area contributed by atoms with Crippen LogP contribution in [0.2, 0.25) is 0 Å². The van der Waals surface area contributed by atoms with E-state index >= 15 is 0 Å². The number of carbonyl (C=O) groups is 2. The molecule has 0 unspecified atom stereocenters. The molecule has 2 aromatic rings. The van der Waals surface area contributed by atoms with Crippen molar-refractivity contribution in [2.75, 3.05) is 24.5 Å². The summed E-state index contributed by atoms with van der Waals surface area (Å²) in [5.74, 6) is -7.10. The number of halogens is 4. The SMILES string of the molecule is CC.CCCCCc1ccccc1[C@H](C(=O)NC1CC(F)(F)C1)N(C(=O)CNS(=O)(=O)N1CC1)c1ccc(F)c(F)c1.[HH]. The number of amides is 2. The molecule has 2 aromatic carbocycles. The monoisotopic (exact) mass is 616 g/mol. The molecule has 2 aliphatic rings. The van der Waals surface area contributed by atoms with Gasteiger partial charge in [0.1, 0.15) is 6.04 Å². The first-order valence-corrected chi connectivity index (χ1v) is 15.6. The molecule has 2 fully saturated rings. The first-order chi connectivity index (χ1) is 19.9. The van der Waals surface area contributed by atoms with Gasteiger partial charge in [-0.3, -0.25) is 14.5 Å². The lowest BCUT2D eigenvalue weighted by Gasteiger charge is -2.38. The number of carbonyl (C=O) groups excluding carboxylic acids is 2. The van der Waals surface area contributed by atoms with Crippen LogP contribution in [-0.4, -0.2) is 56.1 Å². The van der Waals surface area contributed by atoms with Crippen LogP contribution in [0, 0.1) is 11.6 Å². The number of rotatable bonds is 13. The molecule has 4 rings (SSSR count). The third kappa shape index (κ3) is 8.51. The van der Waals surface area contributed by atoms with Crippen molar-refractivity contribution < 1.29 is 37.0 Å². The van der Waals surface area contributed by atoms with E-state index in [0.717, 1.165) is 46.7 Å². The van der Waals surface area contributed by atoms with Crippen LogP contribution in [-0.2, 0) is 26.2 Å². The average molecular weight is 617 g/mol. The second kappa shape index (κ2) is 14.4. The second-order valence-electron chi connectivity index (χ2n) is 10.1. The molecule has 0 radical (unpaired) electrons. The van der Waals surface area contributed by atoms with Crippen molar-refractivity contribution in [2.45, 2.75) is 77.3 Å². The molecule has 2 N–H and O–H groups in total. The van der Waals surface area contributed by atoms with Gasteiger partial charge in [0.15, 0.2) is 11.6 Å². The molecule has 0 aromatic heterocycles. The Hall–Kier alpha value is -3.03. The Balaban J connectivity index is 0.00000211. The van der Waals surface area contributed by atoms with Crippen LogP contribution >= 0.6 is 0 Å². The summed E-state index contributed by atoms with van der Waals surface area (Å²) < 4.78 is 83.4. The maximum absolute atomic E-state index is 14.4. The molecule has 1 heterocycles. The Bertz CT molecular complexity index is 1350. The van der Waals surface area contributed by atoms with E-state index in [4.69, 9.17) is 0 Å². The Morgan fingerprint density at radius 2 is 1.74 bits per heavy atom. The number of hydrogen-bond acceptors (Lipinski definition) is 4. The molecule has 0 spiro atoms. The first-order valence-electron chi connectivity index (χ1n) is 14.2. The van der Waals surface area contributed by atoms with Crippen LogP contribution < -0.4 is 14.9 Å². The molecule has 2 amide bonds. The maximum atomic E-state index is 14.4. The molecule has 1 atom stereocenters. The summed E-state index contributed by atoms with van der Waals surface area (Å²) in [6.45, 7) is 5.83. The minimum atomic E-state index is -3.96. The largest absolute Gasteiger partial charge is 0.351 e. The number of nitrogens with zero attached hydrogens (tertiary/aromatic N) is 2. The lowest BCUT2D eigenvalue weighted by atomic mass is 9.87. The van der Waals surface area contributed by atoms with Crippen LogP contribution in [0.25, 0.3) is 0 Å². The Labute approximate surface area is 246 Å². The number of benzene rings is 2. The number of unbranched alkanes of at least 4 members (excludes halogenated alkanes) is 2. The minimum Gasteiger partial charge on any atom is -0.351 e. The third-order valence-corrected chi connectivity index (χ3v) is 8.50. The number of nitrogens with one attached hydrogen (secondary N) is 2. The summed E-state index contributed by atoms with van der Waals surface area (Å²) in [6.07, 6.45) is 1.99. The molecule has 1 aliphatic carbocycles. The van der Waals surface area contributed by atoms with Crippen molar-refractivity contribution in [1.29, 1.82) is 0 Å². The average Bonchev–Trinajstić information content (AvgIpc) is 3.79. The van der Waals surface area contributed by atoms with Gasteiger partial charge in [0.05, 0.1) is 6.54 Å². The molecule has 13 heteroatoms. The van der Waals surface area contributed by atoms with Gasteiger partial charge in [-0.05, 0) is 36.1 Å². The van der Waals surface area contributed by atoms with Crippen molar-refractivity contribution in [1.82, 2.24) is 14.3 Å². The highest BCUT2D eigenvalue weighted by atomic mass is 32.2. The summed E-state index contributed by atoms with van der Waals surface area (Å²) in [7, 11) is -3.96. The highest BCUT2D eigenvalue weighted by molar-refractivity contribution is 7.87. The number of hydrogen-bond donors (Lipinski definition) is 2.